The van der Waals surface area contributed by atoms with E-state index >= 15 is 0 Å². The van der Waals surface area contributed by atoms with Crippen LogP contribution in [0.25, 0.3) is 23.0 Å². The van der Waals surface area contributed by atoms with Crippen LogP contribution in [0.5, 0.6) is 0 Å². The van der Waals surface area contributed by atoms with E-state index in [9.17, 15) is 4.39 Å². The second kappa shape index (κ2) is 6.93. The minimum absolute atomic E-state index is 0.123. The van der Waals surface area contributed by atoms with Crippen LogP contribution in [0.15, 0.2) is 55.1 Å². The third-order valence-electron chi connectivity index (χ3n) is 5.08. The molecule has 0 saturated heterocycles. The monoisotopic (exact) mass is 406 g/mol. The van der Waals surface area contributed by atoms with E-state index in [-0.39, 0.29) is 11.7 Å². The van der Waals surface area contributed by atoms with Crippen molar-refractivity contribution in [2.45, 2.75) is 19.5 Å². The maximum Gasteiger partial charge on any atom is 0.197 e. The first-order chi connectivity index (χ1) is 14.1. The van der Waals surface area contributed by atoms with Crippen LogP contribution in [0, 0.1) is 5.82 Å². The van der Waals surface area contributed by atoms with Gasteiger partial charge in [-0.1, -0.05) is 17.7 Å². The largest absolute Gasteiger partial charge is 0.363 e. The fourth-order valence-electron chi connectivity index (χ4n) is 3.51. The predicted octanol–water partition coefficient (Wildman–Crippen LogP) is 4.53. The van der Waals surface area contributed by atoms with Crippen molar-refractivity contribution in [1.82, 2.24) is 29.5 Å². The van der Waals surface area contributed by atoms with Gasteiger partial charge < -0.3 is 4.90 Å². The Balaban J connectivity index is 1.54. The number of pyridine rings is 3. The maximum absolute atomic E-state index is 14.7. The lowest BCUT2D eigenvalue weighted by Gasteiger charge is -2.29. The fraction of sp³-hybridized carbons (Fsp3) is 0.143. The molecule has 1 atom stereocenters. The average molecular weight is 407 g/mol. The number of halogens is 2. The molecule has 29 heavy (non-hydrogen) atoms. The highest BCUT2D eigenvalue weighted by atomic mass is 35.5. The molecular weight excluding hydrogens is 391 g/mol. The molecule has 0 aliphatic carbocycles. The van der Waals surface area contributed by atoms with Crippen LogP contribution in [-0.2, 0) is 6.54 Å². The first-order valence-corrected chi connectivity index (χ1v) is 9.52. The third-order valence-corrected chi connectivity index (χ3v) is 5.31. The summed E-state index contributed by atoms with van der Waals surface area (Å²) in [5.41, 5.74) is 3.54. The Morgan fingerprint density at radius 2 is 2.07 bits per heavy atom. The van der Waals surface area contributed by atoms with Gasteiger partial charge in [-0.15, -0.1) is 10.2 Å². The standard InChI is InChI=1S/C21H16ClFN6/c1-13(28-8-6-19-14(11-28)3-2-7-24-19)20-26-27-21-17(23)9-15(12-29(20)21)18-5-4-16(22)10-25-18/h2-10,12-13H,11H2,1H3/t13-/m0/s1. The smallest absolute Gasteiger partial charge is 0.197 e. The summed E-state index contributed by atoms with van der Waals surface area (Å²) >= 11 is 5.92. The van der Waals surface area contributed by atoms with Gasteiger partial charge in [0.2, 0.25) is 0 Å². The molecule has 144 valence electrons. The Hall–Kier alpha value is -3.32. The minimum atomic E-state index is -0.450. The van der Waals surface area contributed by atoms with E-state index in [4.69, 9.17) is 11.6 Å². The van der Waals surface area contributed by atoms with Gasteiger partial charge >= 0.3 is 0 Å². The van der Waals surface area contributed by atoms with Crippen molar-refractivity contribution in [2.75, 3.05) is 0 Å². The van der Waals surface area contributed by atoms with Gasteiger partial charge in [-0.2, -0.15) is 0 Å². The molecular formula is C21H16ClFN6. The summed E-state index contributed by atoms with van der Waals surface area (Å²) in [5.74, 6) is 0.195. The molecule has 0 spiro atoms. The minimum Gasteiger partial charge on any atom is -0.363 e. The predicted molar refractivity (Wildman–Crippen MR) is 108 cm³/mol. The molecule has 0 saturated carbocycles. The Bertz CT molecular complexity index is 1230. The number of hydrogen-bond acceptors (Lipinski definition) is 5. The van der Waals surface area contributed by atoms with Gasteiger partial charge in [0.1, 0.15) is 0 Å². The summed E-state index contributed by atoms with van der Waals surface area (Å²) in [7, 11) is 0. The molecule has 0 radical (unpaired) electrons. The molecule has 0 unspecified atom stereocenters. The van der Waals surface area contributed by atoms with Crippen LogP contribution in [0.4, 0.5) is 4.39 Å². The zero-order valence-electron chi connectivity index (χ0n) is 15.5. The lowest BCUT2D eigenvalue weighted by molar-refractivity contribution is 0.276. The molecule has 0 fully saturated rings. The molecule has 1 aliphatic heterocycles. The Morgan fingerprint density at radius 3 is 2.90 bits per heavy atom. The van der Waals surface area contributed by atoms with E-state index in [0.717, 1.165) is 11.3 Å². The summed E-state index contributed by atoms with van der Waals surface area (Å²) in [6.45, 7) is 2.71. The second-order valence-electron chi connectivity index (χ2n) is 6.90. The molecule has 4 aromatic heterocycles. The molecule has 5 rings (SSSR count). The summed E-state index contributed by atoms with van der Waals surface area (Å²) in [6.07, 6.45) is 9.09. The van der Waals surface area contributed by atoms with E-state index in [1.807, 2.05) is 31.5 Å². The van der Waals surface area contributed by atoms with Crippen molar-refractivity contribution in [2.24, 2.45) is 0 Å². The van der Waals surface area contributed by atoms with Crippen LogP contribution < -0.4 is 0 Å². The van der Waals surface area contributed by atoms with Gasteiger partial charge in [-0.3, -0.25) is 14.4 Å². The summed E-state index contributed by atoms with van der Waals surface area (Å²) in [6, 6.07) is 8.75. The SMILES string of the molecule is C[C@@H](c1nnc2c(F)cc(-c3ccc(Cl)cn3)cn12)N1C=Cc2ncccc2C1. The van der Waals surface area contributed by atoms with Gasteiger partial charge in [0.05, 0.1) is 22.5 Å². The van der Waals surface area contributed by atoms with E-state index in [2.05, 4.69) is 31.1 Å². The van der Waals surface area contributed by atoms with Crippen molar-refractivity contribution in [3.05, 3.63) is 83.0 Å². The van der Waals surface area contributed by atoms with E-state index in [0.29, 0.717) is 28.6 Å². The highest BCUT2D eigenvalue weighted by Gasteiger charge is 2.23. The molecule has 6 nitrogen and oxygen atoms in total. The van der Waals surface area contributed by atoms with E-state index in [1.165, 1.54) is 6.07 Å². The Labute approximate surface area is 171 Å². The van der Waals surface area contributed by atoms with Gasteiger partial charge in [0.15, 0.2) is 17.3 Å². The van der Waals surface area contributed by atoms with Crippen LogP contribution in [-0.4, -0.2) is 29.5 Å². The fourth-order valence-corrected chi connectivity index (χ4v) is 3.62. The molecule has 0 N–H and O–H groups in total. The lowest BCUT2D eigenvalue weighted by Crippen LogP contribution is -2.25. The molecule has 0 amide bonds. The molecule has 4 aromatic rings. The maximum atomic E-state index is 14.7. The van der Waals surface area contributed by atoms with Gasteiger partial charge in [0, 0.05) is 36.9 Å². The number of fused-ring (bicyclic) bond motifs is 2. The van der Waals surface area contributed by atoms with Crippen LogP contribution in [0.1, 0.15) is 30.0 Å². The molecule has 5 heterocycles. The Kier molecular flexibility index (Phi) is 4.24. The van der Waals surface area contributed by atoms with Gasteiger partial charge in [-0.25, -0.2) is 4.39 Å². The third kappa shape index (κ3) is 3.13. The molecule has 1 aliphatic rings. The zero-order chi connectivity index (χ0) is 20.0. The Morgan fingerprint density at radius 1 is 1.17 bits per heavy atom. The van der Waals surface area contributed by atoms with Gasteiger partial charge in [-0.05, 0) is 42.8 Å². The first kappa shape index (κ1) is 17.8. The topological polar surface area (TPSA) is 59.2 Å². The highest BCUT2D eigenvalue weighted by Crippen LogP contribution is 2.28. The average Bonchev–Trinajstić information content (AvgIpc) is 3.18. The van der Waals surface area contributed by atoms with Crippen LogP contribution >= 0.6 is 11.6 Å². The van der Waals surface area contributed by atoms with Gasteiger partial charge in [0.25, 0.3) is 0 Å². The molecule has 8 heteroatoms. The number of nitrogens with zero attached hydrogens (tertiary/aromatic N) is 6. The van der Waals surface area contributed by atoms with E-state index < -0.39 is 5.82 Å². The summed E-state index contributed by atoms with van der Waals surface area (Å²) in [5, 5.41) is 8.87. The zero-order valence-corrected chi connectivity index (χ0v) is 16.3. The summed E-state index contributed by atoms with van der Waals surface area (Å²) in [4.78, 5) is 10.8. The van der Waals surface area contributed by atoms with Crippen LogP contribution in [0.2, 0.25) is 5.02 Å². The highest BCUT2D eigenvalue weighted by molar-refractivity contribution is 6.30. The van der Waals surface area contributed by atoms with Crippen molar-refractivity contribution >= 4 is 23.3 Å². The quantitative estimate of drug-likeness (QED) is 0.500. The van der Waals surface area contributed by atoms with Crippen LogP contribution in [0.3, 0.4) is 0 Å². The normalized spacial score (nSPS) is 14.2. The van der Waals surface area contributed by atoms with Crippen molar-refractivity contribution in [3.8, 4) is 11.3 Å². The number of rotatable bonds is 3. The number of aromatic nitrogens is 5. The second-order valence-corrected chi connectivity index (χ2v) is 7.34. The number of hydrogen-bond donors (Lipinski definition) is 0. The first-order valence-electron chi connectivity index (χ1n) is 9.14. The lowest BCUT2D eigenvalue weighted by atomic mass is 10.1. The van der Waals surface area contributed by atoms with Crippen molar-refractivity contribution < 1.29 is 4.39 Å². The van der Waals surface area contributed by atoms with Crippen molar-refractivity contribution in [3.63, 3.8) is 0 Å². The molecule has 0 aromatic carbocycles. The molecule has 0 bridgehead atoms. The van der Waals surface area contributed by atoms with E-state index in [1.54, 1.807) is 28.9 Å². The van der Waals surface area contributed by atoms with Crippen molar-refractivity contribution in [1.29, 1.82) is 0 Å². The summed E-state index contributed by atoms with van der Waals surface area (Å²) < 4.78 is 16.4.